The van der Waals surface area contributed by atoms with Crippen molar-refractivity contribution in [2.75, 3.05) is 5.32 Å². The normalized spacial score (nSPS) is 14.4. The van der Waals surface area contributed by atoms with E-state index in [4.69, 9.17) is 4.52 Å². The van der Waals surface area contributed by atoms with E-state index >= 15 is 0 Å². The van der Waals surface area contributed by atoms with Gasteiger partial charge in [-0.1, -0.05) is 52.8 Å². The van der Waals surface area contributed by atoms with Gasteiger partial charge in [0.2, 0.25) is 5.91 Å². The summed E-state index contributed by atoms with van der Waals surface area (Å²) in [4.78, 5) is 37.1. The van der Waals surface area contributed by atoms with E-state index < -0.39 is 17.9 Å². The standard InChI is InChI=1S/C21H34N3O4P.H2/c1-7-15(17(8-2)28-29)23-18(25)13(3)22-19(26)20(27)24-16-12-10-9-11-14(16)21(4,5)6;/h9-13,15,17H,7-8,29H2,1-6H3,(H,22,26)(H,23,25)(H,24,27);1H/t13-,15-,17?;/m0./s1/i;1+2. The Hall–Kier alpha value is -1.98. The molecule has 0 heterocycles. The smallest absolute Gasteiger partial charge is 0.313 e. The molecule has 0 radical (unpaired) electrons. The molecule has 4 atom stereocenters. The highest BCUT2D eigenvalue weighted by atomic mass is 31.0. The first-order valence-electron chi connectivity index (χ1n) is 9.92. The summed E-state index contributed by atoms with van der Waals surface area (Å²) < 4.78 is 5.31. The molecule has 164 valence electrons. The highest BCUT2D eigenvalue weighted by Crippen LogP contribution is 2.29. The van der Waals surface area contributed by atoms with Crippen molar-refractivity contribution in [3.63, 3.8) is 0 Å². The third-order valence-electron chi connectivity index (χ3n) is 4.72. The minimum atomic E-state index is -0.862. The summed E-state index contributed by atoms with van der Waals surface area (Å²) in [6.45, 7) is 11.5. The topological polar surface area (TPSA) is 96.5 Å². The number of para-hydroxylation sites is 1. The monoisotopic (exact) mass is 427 g/mol. The molecular formula is C21H36N3O4P. The zero-order valence-electron chi connectivity index (χ0n) is 18.2. The number of carbonyl (C=O) groups is 3. The maximum Gasteiger partial charge on any atom is 0.313 e. The number of benzene rings is 1. The second kappa shape index (κ2) is 11.3. The van der Waals surface area contributed by atoms with E-state index in [-0.39, 0.29) is 24.9 Å². The number of carbonyl (C=O) groups excluding carboxylic acids is 3. The molecule has 8 heteroatoms. The van der Waals surface area contributed by atoms with E-state index in [0.717, 1.165) is 12.0 Å². The average Bonchev–Trinajstić information content (AvgIpc) is 2.67. The molecule has 0 aromatic heterocycles. The average molecular weight is 428 g/mol. The van der Waals surface area contributed by atoms with Crippen LogP contribution in [0.3, 0.4) is 0 Å². The van der Waals surface area contributed by atoms with Crippen molar-refractivity contribution < 1.29 is 20.3 Å². The lowest BCUT2D eigenvalue weighted by Gasteiger charge is -2.26. The molecule has 1 rings (SSSR count). The Morgan fingerprint density at radius 2 is 1.69 bits per heavy atom. The summed E-state index contributed by atoms with van der Waals surface area (Å²) in [5, 5.41) is 7.97. The van der Waals surface area contributed by atoms with Crippen molar-refractivity contribution in [1.29, 1.82) is 0 Å². The summed E-state index contributed by atoms with van der Waals surface area (Å²) in [5.74, 6) is -2.04. The molecular weight excluding hydrogens is 389 g/mol. The molecule has 0 fully saturated rings. The molecule has 29 heavy (non-hydrogen) atoms. The molecule has 1 aromatic rings. The van der Waals surface area contributed by atoms with Crippen LogP contribution in [0, 0.1) is 0 Å². The van der Waals surface area contributed by atoms with Crippen molar-refractivity contribution in [2.45, 2.75) is 78.0 Å². The van der Waals surface area contributed by atoms with Gasteiger partial charge in [-0.05, 0) is 36.8 Å². The van der Waals surface area contributed by atoms with E-state index in [2.05, 4.69) is 25.4 Å². The Balaban J connectivity index is 0.00000841. The van der Waals surface area contributed by atoms with Gasteiger partial charge in [-0.2, -0.15) is 0 Å². The SMILES string of the molecule is CCC(OP)[C@H](CC)NC(=O)[C@H](C)NC(=O)C(=O)Nc1ccccc1C(C)(C)C.[3HH]. The highest BCUT2D eigenvalue weighted by Gasteiger charge is 2.26. The van der Waals surface area contributed by atoms with Gasteiger partial charge in [-0.15, -0.1) is 0 Å². The second-order valence-corrected chi connectivity index (χ2v) is 8.32. The van der Waals surface area contributed by atoms with Crippen LogP contribution < -0.4 is 16.0 Å². The van der Waals surface area contributed by atoms with Gasteiger partial charge < -0.3 is 20.5 Å². The van der Waals surface area contributed by atoms with Gasteiger partial charge in [-0.3, -0.25) is 14.4 Å². The Labute approximate surface area is 177 Å². The van der Waals surface area contributed by atoms with Gasteiger partial charge in [0.05, 0.1) is 12.1 Å². The minimum Gasteiger partial charge on any atom is -0.360 e. The van der Waals surface area contributed by atoms with E-state index in [1.54, 1.807) is 19.1 Å². The molecule has 0 bridgehead atoms. The Morgan fingerprint density at radius 3 is 2.21 bits per heavy atom. The minimum absolute atomic E-state index is 0. The van der Waals surface area contributed by atoms with Crippen molar-refractivity contribution in [3.8, 4) is 0 Å². The van der Waals surface area contributed by atoms with Crippen molar-refractivity contribution in [3.05, 3.63) is 29.8 Å². The molecule has 7 nitrogen and oxygen atoms in total. The lowest BCUT2D eigenvalue weighted by atomic mass is 9.86. The van der Waals surface area contributed by atoms with Crippen LogP contribution in [0.15, 0.2) is 24.3 Å². The van der Waals surface area contributed by atoms with E-state index in [0.29, 0.717) is 12.1 Å². The molecule has 0 aliphatic heterocycles. The predicted octanol–water partition coefficient (Wildman–Crippen LogP) is 3.15. The molecule has 0 saturated heterocycles. The predicted molar refractivity (Wildman–Crippen MR) is 121 cm³/mol. The van der Waals surface area contributed by atoms with Gasteiger partial charge in [0.1, 0.15) is 6.04 Å². The summed E-state index contributed by atoms with van der Waals surface area (Å²) in [6, 6.07) is 6.30. The third kappa shape index (κ3) is 7.41. The summed E-state index contributed by atoms with van der Waals surface area (Å²) in [6.07, 6.45) is 1.27. The zero-order valence-corrected chi connectivity index (χ0v) is 19.3. The fourth-order valence-corrected chi connectivity index (χ4v) is 3.38. The fourth-order valence-electron chi connectivity index (χ4n) is 2.99. The van der Waals surface area contributed by atoms with Crippen LogP contribution in [-0.2, 0) is 24.3 Å². The van der Waals surface area contributed by atoms with Crippen molar-refractivity contribution >= 4 is 32.9 Å². The van der Waals surface area contributed by atoms with Crippen molar-refractivity contribution in [1.82, 2.24) is 10.6 Å². The van der Waals surface area contributed by atoms with Crippen LogP contribution in [-0.4, -0.2) is 35.9 Å². The van der Waals surface area contributed by atoms with Gasteiger partial charge in [0.15, 0.2) is 0 Å². The number of rotatable bonds is 8. The van der Waals surface area contributed by atoms with Crippen LogP contribution in [0.1, 0.15) is 61.4 Å². The molecule has 0 aliphatic rings. The molecule has 2 unspecified atom stereocenters. The first-order chi connectivity index (χ1) is 13.5. The highest BCUT2D eigenvalue weighted by molar-refractivity contribution is 7.09. The van der Waals surface area contributed by atoms with E-state index in [1.165, 1.54) is 0 Å². The van der Waals surface area contributed by atoms with Crippen LogP contribution in [0.25, 0.3) is 0 Å². The van der Waals surface area contributed by atoms with Crippen LogP contribution in [0.5, 0.6) is 0 Å². The maximum absolute atomic E-state index is 12.4. The third-order valence-corrected chi connectivity index (χ3v) is 5.07. The zero-order chi connectivity index (χ0) is 22.2. The van der Waals surface area contributed by atoms with Crippen LogP contribution in [0.2, 0.25) is 0 Å². The molecule has 1 aromatic carbocycles. The molecule has 0 spiro atoms. The van der Waals surface area contributed by atoms with Gasteiger partial charge >= 0.3 is 11.8 Å². The molecule has 0 saturated carbocycles. The molecule has 3 N–H and O–H groups in total. The second-order valence-electron chi connectivity index (χ2n) is 8.05. The van der Waals surface area contributed by atoms with Crippen molar-refractivity contribution in [2.24, 2.45) is 0 Å². The number of hydrogen-bond donors (Lipinski definition) is 3. The number of anilines is 1. The molecule has 3 amide bonds. The summed E-state index contributed by atoms with van der Waals surface area (Å²) in [5.41, 5.74) is 1.30. The van der Waals surface area contributed by atoms with Gasteiger partial charge in [0.25, 0.3) is 0 Å². The Morgan fingerprint density at radius 1 is 1.07 bits per heavy atom. The quantitative estimate of drug-likeness (QED) is 0.439. The maximum atomic E-state index is 12.4. The van der Waals surface area contributed by atoms with Crippen LogP contribution >= 0.6 is 9.47 Å². The Kier molecular flexibility index (Phi) is 9.74. The number of nitrogens with one attached hydrogen (secondary N) is 3. The largest absolute Gasteiger partial charge is 0.360 e. The van der Waals surface area contributed by atoms with Gasteiger partial charge in [0, 0.05) is 16.6 Å². The Bertz CT molecular complexity index is 720. The lowest BCUT2D eigenvalue weighted by Crippen LogP contribution is -2.52. The van der Waals surface area contributed by atoms with Gasteiger partial charge in [-0.25, -0.2) is 0 Å². The lowest BCUT2D eigenvalue weighted by molar-refractivity contribution is -0.138. The first-order valence-corrected chi connectivity index (χ1v) is 10.4. The van der Waals surface area contributed by atoms with Crippen LogP contribution in [0.4, 0.5) is 5.69 Å². The number of hydrogen-bond acceptors (Lipinski definition) is 4. The fraction of sp³-hybridized carbons (Fsp3) is 0.571. The van der Waals surface area contributed by atoms with E-state index in [1.807, 2.05) is 46.8 Å². The number of amides is 3. The summed E-state index contributed by atoms with van der Waals surface area (Å²) >= 11 is 0. The first kappa shape index (κ1) is 25.1. The van der Waals surface area contributed by atoms with E-state index in [9.17, 15) is 14.4 Å². The molecule has 0 aliphatic carbocycles. The summed E-state index contributed by atoms with van der Waals surface area (Å²) in [7, 11) is 2.22.